The first-order valence-electron chi connectivity index (χ1n) is 6.22. The van der Waals surface area contributed by atoms with Crippen LogP contribution in [0.5, 0.6) is 0 Å². The summed E-state index contributed by atoms with van der Waals surface area (Å²) in [7, 11) is 0. The summed E-state index contributed by atoms with van der Waals surface area (Å²) in [5, 5.41) is 9.36. The number of carbonyl (C=O) groups is 1. The van der Waals surface area contributed by atoms with Gasteiger partial charge in [-0.25, -0.2) is 0 Å². The summed E-state index contributed by atoms with van der Waals surface area (Å²) in [5.74, 6) is -0.00370. The van der Waals surface area contributed by atoms with Crippen LogP contribution in [0.3, 0.4) is 0 Å². The van der Waals surface area contributed by atoms with Crippen LogP contribution in [-0.2, 0) is 4.79 Å². The highest BCUT2D eigenvalue weighted by Gasteiger charge is 2.35. The fraction of sp³-hybridized carbons (Fsp3) is 0.923. The van der Waals surface area contributed by atoms with E-state index in [4.69, 9.17) is 0 Å². The Kier molecular flexibility index (Phi) is 6.62. The minimum absolute atomic E-state index is 0.458. The van der Waals surface area contributed by atoms with E-state index in [0.29, 0.717) is 5.92 Å². The van der Waals surface area contributed by atoms with Crippen LogP contribution in [0.1, 0.15) is 66.2 Å². The van der Waals surface area contributed by atoms with E-state index >= 15 is 0 Å². The molecule has 0 radical (unpaired) electrons. The molecule has 90 valence electrons. The molecule has 0 amide bonds. The third kappa shape index (κ3) is 4.67. The van der Waals surface area contributed by atoms with E-state index in [9.17, 15) is 9.90 Å². The Morgan fingerprint density at radius 3 is 2.20 bits per heavy atom. The Morgan fingerprint density at radius 1 is 1.27 bits per heavy atom. The molecule has 0 rings (SSSR count). The van der Waals surface area contributed by atoms with Gasteiger partial charge < -0.3 is 5.11 Å². The summed E-state index contributed by atoms with van der Waals surface area (Å²) in [6.07, 6.45) is 5.55. The Labute approximate surface area is 94.1 Å². The van der Waals surface area contributed by atoms with Gasteiger partial charge in [-0.05, 0) is 31.6 Å². The number of unbranched alkanes of at least 4 members (excludes halogenated alkanes) is 1. The number of hydrogen-bond donors (Lipinski definition) is 1. The van der Waals surface area contributed by atoms with Gasteiger partial charge in [0.1, 0.15) is 0 Å². The van der Waals surface area contributed by atoms with Gasteiger partial charge in [0.05, 0.1) is 5.41 Å². The summed E-state index contributed by atoms with van der Waals surface area (Å²) in [6.45, 7) is 8.43. The molecule has 1 unspecified atom stereocenters. The van der Waals surface area contributed by atoms with Gasteiger partial charge in [0.15, 0.2) is 0 Å². The van der Waals surface area contributed by atoms with Crippen molar-refractivity contribution in [2.24, 2.45) is 11.3 Å². The van der Waals surface area contributed by atoms with Gasteiger partial charge in [0, 0.05) is 0 Å². The van der Waals surface area contributed by atoms with Crippen molar-refractivity contribution in [2.45, 2.75) is 66.2 Å². The second-order valence-electron chi connectivity index (χ2n) is 4.98. The molecule has 0 saturated heterocycles. The summed E-state index contributed by atoms with van der Waals surface area (Å²) < 4.78 is 0. The number of carboxylic acids is 1. The largest absolute Gasteiger partial charge is 0.481 e. The number of hydrogen-bond acceptors (Lipinski definition) is 1. The number of carboxylic acid groups (broad SMARTS) is 1. The number of aliphatic carboxylic acids is 1. The van der Waals surface area contributed by atoms with Crippen molar-refractivity contribution >= 4 is 5.97 Å². The Morgan fingerprint density at radius 2 is 1.87 bits per heavy atom. The highest BCUT2D eigenvalue weighted by atomic mass is 16.4. The molecule has 0 heterocycles. The standard InChI is InChI=1S/C13H26O2/c1-5-7-9-13(6-2,12(14)15)10-8-11(3)4/h11H,5-10H2,1-4H3,(H,14,15). The molecule has 2 heteroatoms. The van der Waals surface area contributed by atoms with Crippen LogP contribution < -0.4 is 0 Å². The zero-order valence-corrected chi connectivity index (χ0v) is 10.7. The molecule has 0 aromatic carbocycles. The fourth-order valence-electron chi connectivity index (χ4n) is 1.92. The lowest BCUT2D eigenvalue weighted by molar-refractivity contribution is -0.150. The maximum atomic E-state index is 11.4. The normalized spacial score (nSPS) is 15.3. The number of rotatable bonds is 8. The third-order valence-corrected chi connectivity index (χ3v) is 3.34. The molecular weight excluding hydrogens is 188 g/mol. The molecule has 0 aromatic rings. The van der Waals surface area contributed by atoms with E-state index in [2.05, 4.69) is 20.8 Å². The highest BCUT2D eigenvalue weighted by Crippen LogP contribution is 2.35. The van der Waals surface area contributed by atoms with Crippen LogP contribution in [0.25, 0.3) is 0 Å². The quantitative estimate of drug-likeness (QED) is 0.660. The third-order valence-electron chi connectivity index (χ3n) is 3.34. The maximum Gasteiger partial charge on any atom is 0.309 e. The average Bonchev–Trinajstić information content (AvgIpc) is 2.18. The second-order valence-corrected chi connectivity index (χ2v) is 4.98. The smallest absolute Gasteiger partial charge is 0.309 e. The van der Waals surface area contributed by atoms with E-state index in [0.717, 1.165) is 38.5 Å². The van der Waals surface area contributed by atoms with Crippen molar-refractivity contribution in [3.05, 3.63) is 0 Å². The molecular formula is C13H26O2. The lowest BCUT2D eigenvalue weighted by Gasteiger charge is -2.28. The summed E-state index contributed by atoms with van der Waals surface area (Å²) in [5.41, 5.74) is -0.458. The van der Waals surface area contributed by atoms with E-state index in [1.807, 2.05) is 6.92 Å². The highest BCUT2D eigenvalue weighted by molar-refractivity contribution is 5.74. The van der Waals surface area contributed by atoms with Crippen LogP contribution in [0.2, 0.25) is 0 Å². The molecule has 0 aromatic heterocycles. The minimum Gasteiger partial charge on any atom is -0.481 e. The Hall–Kier alpha value is -0.530. The summed E-state index contributed by atoms with van der Waals surface area (Å²) >= 11 is 0. The molecule has 0 aliphatic rings. The topological polar surface area (TPSA) is 37.3 Å². The molecule has 0 bridgehead atoms. The van der Waals surface area contributed by atoms with Crippen molar-refractivity contribution in [1.82, 2.24) is 0 Å². The Bertz CT molecular complexity index is 187. The van der Waals surface area contributed by atoms with Crippen LogP contribution in [0.4, 0.5) is 0 Å². The van der Waals surface area contributed by atoms with Gasteiger partial charge in [-0.15, -0.1) is 0 Å². The SMILES string of the molecule is CCCCC(CC)(CCC(C)C)C(=O)O. The maximum absolute atomic E-state index is 11.4. The van der Waals surface area contributed by atoms with E-state index in [1.165, 1.54) is 0 Å². The van der Waals surface area contributed by atoms with Gasteiger partial charge in [0.25, 0.3) is 0 Å². The first-order chi connectivity index (χ1) is 6.98. The van der Waals surface area contributed by atoms with Crippen molar-refractivity contribution in [3.63, 3.8) is 0 Å². The van der Waals surface area contributed by atoms with E-state index in [-0.39, 0.29) is 0 Å². The molecule has 0 aliphatic carbocycles. The fourth-order valence-corrected chi connectivity index (χ4v) is 1.92. The zero-order valence-electron chi connectivity index (χ0n) is 10.7. The average molecular weight is 214 g/mol. The predicted octanol–water partition coefficient (Wildman–Crippen LogP) is 4.09. The van der Waals surface area contributed by atoms with Gasteiger partial charge in [0.2, 0.25) is 0 Å². The van der Waals surface area contributed by atoms with Crippen molar-refractivity contribution in [3.8, 4) is 0 Å². The molecule has 15 heavy (non-hydrogen) atoms. The monoisotopic (exact) mass is 214 g/mol. The second kappa shape index (κ2) is 6.86. The molecule has 0 saturated carbocycles. The molecule has 1 N–H and O–H groups in total. The van der Waals surface area contributed by atoms with Crippen LogP contribution in [0, 0.1) is 11.3 Å². The molecule has 2 nitrogen and oxygen atoms in total. The van der Waals surface area contributed by atoms with Gasteiger partial charge >= 0.3 is 5.97 Å². The predicted molar refractivity (Wildman–Crippen MR) is 64.0 cm³/mol. The van der Waals surface area contributed by atoms with E-state index < -0.39 is 11.4 Å². The van der Waals surface area contributed by atoms with Crippen molar-refractivity contribution in [2.75, 3.05) is 0 Å². The van der Waals surface area contributed by atoms with Crippen molar-refractivity contribution < 1.29 is 9.90 Å². The molecule has 0 spiro atoms. The van der Waals surface area contributed by atoms with Crippen LogP contribution >= 0.6 is 0 Å². The van der Waals surface area contributed by atoms with Gasteiger partial charge in [-0.3, -0.25) is 4.79 Å². The lowest BCUT2D eigenvalue weighted by Crippen LogP contribution is -2.30. The first-order valence-corrected chi connectivity index (χ1v) is 6.22. The molecule has 1 atom stereocenters. The minimum atomic E-state index is -0.598. The summed E-state index contributed by atoms with van der Waals surface area (Å²) in [4.78, 5) is 11.4. The van der Waals surface area contributed by atoms with Gasteiger partial charge in [-0.2, -0.15) is 0 Å². The Balaban J connectivity index is 4.43. The van der Waals surface area contributed by atoms with E-state index in [1.54, 1.807) is 0 Å². The zero-order chi connectivity index (χ0) is 11.9. The van der Waals surface area contributed by atoms with Crippen molar-refractivity contribution in [1.29, 1.82) is 0 Å². The lowest BCUT2D eigenvalue weighted by atomic mass is 9.75. The molecule has 0 aliphatic heterocycles. The van der Waals surface area contributed by atoms with Gasteiger partial charge in [-0.1, -0.05) is 40.5 Å². The van der Waals surface area contributed by atoms with Crippen LogP contribution in [-0.4, -0.2) is 11.1 Å². The first kappa shape index (κ1) is 14.5. The molecule has 0 fully saturated rings. The van der Waals surface area contributed by atoms with Crippen LogP contribution in [0.15, 0.2) is 0 Å². The summed E-state index contributed by atoms with van der Waals surface area (Å²) in [6, 6.07) is 0.